The van der Waals surface area contributed by atoms with Crippen LogP contribution in [-0.4, -0.2) is 26.2 Å². The van der Waals surface area contributed by atoms with Crippen LogP contribution in [0.25, 0.3) is 0 Å². The van der Waals surface area contributed by atoms with Crippen LogP contribution < -0.4 is 4.72 Å². The molecule has 1 unspecified atom stereocenters. The molecule has 0 radical (unpaired) electrons. The van der Waals surface area contributed by atoms with E-state index in [0.717, 1.165) is 6.07 Å². The molecule has 0 amide bonds. The summed E-state index contributed by atoms with van der Waals surface area (Å²) < 4.78 is 52.8. The van der Waals surface area contributed by atoms with Gasteiger partial charge in [0.15, 0.2) is 0 Å². The topological polar surface area (TPSA) is 66.4 Å². The number of rotatable bonds is 6. The minimum Gasteiger partial charge on any atom is -0.396 e. The zero-order valence-corrected chi connectivity index (χ0v) is 11.6. The van der Waals surface area contributed by atoms with Crippen molar-refractivity contribution in [3.63, 3.8) is 0 Å². The van der Waals surface area contributed by atoms with Gasteiger partial charge in [-0.3, -0.25) is 0 Å². The second kappa shape index (κ2) is 6.40. The summed E-state index contributed by atoms with van der Waals surface area (Å²) in [6.45, 7) is 2.93. The summed E-state index contributed by atoms with van der Waals surface area (Å²) >= 11 is 0. The SMILES string of the molecule is Cc1cc(S(=O)(=O)NC(C)CCCO)c(F)cc1F. The lowest BCUT2D eigenvalue weighted by Gasteiger charge is -2.14. The van der Waals surface area contributed by atoms with Crippen LogP contribution in [0.5, 0.6) is 0 Å². The average Bonchev–Trinajstić information content (AvgIpc) is 2.30. The first-order valence-electron chi connectivity index (χ1n) is 5.86. The van der Waals surface area contributed by atoms with E-state index in [1.807, 2.05) is 0 Å². The summed E-state index contributed by atoms with van der Waals surface area (Å²) in [5, 5.41) is 8.66. The van der Waals surface area contributed by atoms with Crippen LogP contribution in [0.4, 0.5) is 8.78 Å². The van der Waals surface area contributed by atoms with Gasteiger partial charge < -0.3 is 5.11 Å². The molecule has 1 atom stereocenters. The summed E-state index contributed by atoms with van der Waals surface area (Å²) in [6, 6.07) is 1.08. The Bertz CT molecular complexity index is 546. The van der Waals surface area contributed by atoms with Crippen LogP contribution >= 0.6 is 0 Å². The highest BCUT2D eigenvalue weighted by molar-refractivity contribution is 7.89. The van der Waals surface area contributed by atoms with E-state index in [1.165, 1.54) is 6.92 Å². The summed E-state index contributed by atoms with van der Waals surface area (Å²) in [4.78, 5) is -0.567. The molecule has 19 heavy (non-hydrogen) atoms. The van der Waals surface area contributed by atoms with Crippen LogP contribution in [0.1, 0.15) is 25.3 Å². The molecule has 2 N–H and O–H groups in total. The van der Waals surface area contributed by atoms with Crippen molar-refractivity contribution in [3.05, 3.63) is 29.3 Å². The third-order valence-corrected chi connectivity index (χ3v) is 4.26. The van der Waals surface area contributed by atoms with Crippen LogP contribution in [0.2, 0.25) is 0 Å². The number of hydrogen-bond donors (Lipinski definition) is 2. The number of sulfonamides is 1. The van der Waals surface area contributed by atoms with Crippen molar-refractivity contribution in [2.45, 2.75) is 37.6 Å². The minimum absolute atomic E-state index is 0.0456. The van der Waals surface area contributed by atoms with Crippen LogP contribution in [-0.2, 0) is 10.0 Å². The van der Waals surface area contributed by atoms with Gasteiger partial charge in [-0.1, -0.05) is 0 Å². The smallest absolute Gasteiger partial charge is 0.243 e. The van der Waals surface area contributed by atoms with E-state index in [0.29, 0.717) is 18.9 Å². The number of aliphatic hydroxyl groups is 1. The predicted octanol–water partition coefficient (Wildman–Crippen LogP) is 1.71. The largest absolute Gasteiger partial charge is 0.396 e. The molecule has 1 aromatic carbocycles. The quantitative estimate of drug-likeness (QED) is 0.839. The Balaban J connectivity index is 2.98. The molecule has 1 aromatic rings. The molecule has 0 aliphatic heterocycles. The third kappa shape index (κ3) is 4.22. The third-order valence-electron chi connectivity index (χ3n) is 2.65. The first-order chi connectivity index (χ1) is 8.77. The van der Waals surface area contributed by atoms with Crippen LogP contribution in [0.15, 0.2) is 17.0 Å². The highest BCUT2D eigenvalue weighted by atomic mass is 32.2. The molecule has 0 saturated carbocycles. The van der Waals surface area contributed by atoms with Gasteiger partial charge in [0.2, 0.25) is 10.0 Å². The van der Waals surface area contributed by atoms with E-state index < -0.39 is 32.6 Å². The van der Waals surface area contributed by atoms with Crippen molar-refractivity contribution in [1.29, 1.82) is 0 Å². The van der Waals surface area contributed by atoms with Crippen molar-refractivity contribution in [2.75, 3.05) is 6.61 Å². The van der Waals surface area contributed by atoms with E-state index in [2.05, 4.69) is 4.72 Å². The molecule has 0 aromatic heterocycles. The molecule has 7 heteroatoms. The number of nitrogens with one attached hydrogen (secondary N) is 1. The van der Waals surface area contributed by atoms with E-state index in [4.69, 9.17) is 5.11 Å². The monoisotopic (exact) mass is 293 g/mol. The molecule has 0 aliphatic rings. The fourth-order valence-electron chi connectivity index (χ4n) is 1.62. The molecule has 0 fully saturated rings. The Morgan fingerprint density at radius 1 is 1.32 bits per heavy atom. The molecule has 0 heterocycles. The Kier molecular flexibility index (Phi) is 5.39. The normalized spacial score (nSPS) is 13.5. The van der Waals surface area contributed by atoms with Crippen LogP contribution in [0, 0.1) is 18.6 Å². The van der Waals surface area contributed by atoms with Gasteiger partial charge in [0.1, 0.15) is 16.5 Å². The van der Waals surface area contributed by atoms with Gasteiger partial charge >= 0.3 is 0 Å². The molecule has 0 spiro atoms. The Morgan fingerprint density at radius 2 is 1.95 bits per heavy atom. The molecule has 4 nitrogen and oxygen atoms in total. The summed E-state index contributed by atoms with van der Waals surface area (Å²) in [7, 11) is -4.03. The highest BCUT2D eigenvalue weighted by Crippen LogP contribution is 2.19. The van der Waals surface area contributed by atoms with Gasteiger partial charge in [-0.25, -0.2) is 21.9 Å². The number of aliphatic hydroxyl groups excluding tert-OH is 1. The first-order valence-corrected chi connectivity index (χ1v) is 7.35. The van der Waals surface area contributed by atoms with Gasteiger partial charge in [0, 0.05) is 18.7 Å². The van der Waals surface area contributed by atoms with Crippen molar-refractivity contribution in [1.82, 2.24) is 4.72 Å². The summed E-state index contributed by atoms with van der Waals surface area (Å²) in [6.07, 6.45) is 0.867. The maximum Gasteiger partial charge on any atom is 0.243 e. The lowest BCUT2D eigenvalue weighted by Crippen LogP contribution is -2.33. The predicted molar refractivity (Wildman–Crippen MR) is 67.2 cm³/mol. The standard InChI is InChI=1S/C12H17F2NO3S/c1-8-6-12(11(14)7-10(8)13)19(17,18)15-9(2)4-3-5-16/h6-7,9,15-16H,3-5H2,1-2H3. The van der Waals surface area contributed by atoms with E-state index >= 15 is 0 Å². The lowest BCUT2D eigenvalue weighted by atomic mass is 10.2. The van der Waals surface area contributed by atoms with Crippen molar-refractivity contribution in [3.8, 4) is 0 Å². The van der Waals surface area contributed by atoms with Crippen molar-refractivity contribution < 1.29 is 22.3 Å². The van der Waals surface area contributed by atoms with Crippen molar-refractivity contribution in [2.24, 2.45) is 0 Å². The van der Waals surface area contributed by atoms with E-state index in [-0.39, 0.29) is 12.2 Å². The molecular weight excluding hydrogens is 276 g/mol. The van der Waals surface area contributed by atoms with E-state index in [1.54, 1.807) is 6.92 Å². The molecular formula is C12H17F2NO3S. The average molecular weight is 293 g/mol. The maximum atomic E-state index is 13.5. The minimum atomic E-state index is -4.03. The number of hydrogen-bond acceptors (Lipinski definition) is 3. The summed E-state index contributed by atoms with van der Waals surface area (Å²) in [5.41, 5.74) is 0.0600. The molecule has 0 bridgehead atoms. The van der Waals surface area contributed by atoms with Gasteiger partial charge in [-0.05, 0) is 38.3 Å². The second-order valence-electron chi connectivity index (χ2n) is 4.42. The Labute approximate surface area is 111 Å². The summed E-state index contributed by atoms with van der Waals surface area (Å²) in [5.74, 6) is -1.91. The maximum absolute atomic E-state index is 13.5. The van der Waals surface area contributed by atoms with E-state index in [9.17, 15) is 17.2 Å². The van der Waals surface area contributed by atoms with Crippen molar-refractivity contribution >= 4 is 10.0 Å². The fourth-order valence-corrected chi connectivity index (χ4v) is 3.04. The fraction of sp³-hybridized carbons (Fsp3) is 0.500. The van der Waals surface area contributed by atoms with Gasteiger partial charge in [0.25, 0.3) is 0 Å². The molecule has 1 rings (SSSR count). The lowest BCUT2D eigenvalue weighted by molar-refractivity contribution is 0.279. The second-order valence-corrected chi connectivity index (χ2v) is 6.10. The van der Waals surface area contributed by atoms with Gasteiger partial charge in [0.05, 0.1) is 0 Å². The first kappa shape index (κ1) is 16.0. The Morgan fingerprint density at radius 3 is 2.53 bits per heavy atom. The number of benzene rings is 1. The number of aryl methyl sites for hydroxylation is 1. The van der Waals surface area contributed by atoms with Gasteiger partial charge in [-0.2, -0.15) is 0 Å². The molecule has 0 aliphatic carbocycles. The zero-order chi connectivity index (χ0) is 14.6. The molecule has 108 valence electrons. The van der Waals surface area contributed by atoms with Gasteiger partial charge in [-0.15, -0.1) is 0 Å². The Hall–Kier alpha value is -1.05. The zero-order valence-electron chi connectivity index (χ0n) is 10.8. The number of halogens is 2. The highest BCUT2D eigenvalue weighted by Gasteiger charge is 2.22. The molecule has 0 saturated heterocycles. The van der Waals surface area contributed by atoms with Crippen LogP contribution in [0.3, 0.4) is 0 Å².